The van der Waals surface area contributed by atoms with E-state index in [2.05, 4.69) is 0 Å². The average molecular weight is 233 g/mol. The number of hydrogen-bond donors (Lipinski definition) is 2. The van der Waals surface area contributed by atoms with Gasteiger partial charge in [-0.1, -0.05) is 25.1 Å². The number of carboxylic acids is 1. The molecule has 0 aliphatic rings. The number of nitrogens with zero attached hydrogens (tertiary/aromatic N) is 1. The molecule has 0 amide bonds. The molecule has 2 N–H and O–H groups in total. The van der Waals surface area contributed by atoms with E-state index in [4.69, 9.17) is 5.11 Å². The lowest BCUT2D eigenvalue weighted by atomic mass is 10.2. The summed E-state index contributed by atoms with van der Waals surface area (Å²) >= 11 is 0. The van der Waals surface area contributed by atoms with E-state index < -0.39 is 11.9 Å². The molecule has 0 aliphatic heterocycles. The highest BCUT2D eigenvalue weighted by molar-refractivity contribution is 5.81. The van der Waals surface area contributed by atoms with Crippen LogP contribution >= 0.6 is 0 Å². The lowest BCUT2D eigenvalue weighted by Gasteiger charge is -2.12. The summed E-state index contributed by atoms with van der Waals surface area (Å²) in [5.41, 5.74) is 1.71. The molecule has 4 nitrogen and oxygen atoms in total. The van der Waals surface area contributed by atoms with Gasteiger partial charge >= 0.3 is 5.97 Å². The summed E-state index contributed by atoms with van der Waals surface area (Å²) in [6.07, 6.45) is 0. The van der Waals surface area contributed by atoms with Gasteiger partial charge in [0.05, 0.1) is 12.5 Å². The van der Waals surface area contributed by atoms with Crippen molar-refractivity contribution in [2.75, 3.05) is 0 Å². The molecule has 1 aromatic heterocycles. The normalized spacial score (nSPS) is 12.8. The number of rotatable bonds is 4. The predicted molar refractivity (Wildman–Crippen MR) is 64.7 cm³/mol. The Morgan fingerprint density at radius 3 is 2.76 bits per heavy atom. The molecule has 17 heavy (non-hydrogen) atoms. The van der Waals surface area contributed by atoms with Crippen LogP contribution in [-0.2, 0) is 17.9 Å². The molecule has 0 spiro atoms. The van der Waals surface area contributed by atoms with Gasteiger partial charge in [0.25, 0.3) is 0 Å². The maximum absolute atomic E-state index is 10.9. The molecule has 0 saturated carbocycles. The van der Waals surface area contributed by atoms with Crippen molar-refractivity contribution in [1.82, 2.24) is 4.57 Å². The van der Waals surface area contributed by atoms with Crippen molar-refractivity contribution < 1.29 is 15.0 Å². The van der Waals surface area contributed by atoms with Gasteiger partial charge in [-0.25, -0.2) is 0 Å². The van der Waals surface area contributed by atoms with Gasteiger partial charge in [-0.2, -0.15) is 0 Å². The Hall–Kier alpha value is -1.81. The Labute approximate surface area is 99.1 Å². The van der Waals surface area contributed by atoms with Crippen LogP contribution in [0.15, 0.2) is 30.3 Å². The van der Waals surface area contributed by atoms with E-state index >= 15 is 0 Å². The van der Waals surface area contributed by atoms with Gasteiger partial charge < -0.3 is 14.8 Å². The summed E-state index contributed by atoms with van der Waals surface area (Å²) in [5.74, 6) is -1.30. The molecule has 0 bridgehead atoms. The first-order chi connectivity index (χ1) is 8.13. The monoisotopic (exact) mass is 233 g/mol. The highest BCUT2D eigenvalue weighted by Gasteiger charge is 2.15. The van der Waals surface area contributed by atoms with Crippen molar-refractivity contribution in [2.45, 2.75) is 20.1 Å². The van der Waals surface area contributed by atoms with Crippen LogP contribution in [0, 0.1) is 5.92 Å². The van der Waals surface area contributed by atoms with E-state index in [-0.39, 0.29) is 6.61 Å². The van der Waals surface area contributed by atoms with Crippen LogP contribution < -0.4 is 0 Å². The average Bonchev–Trinajstić information content (AvgIpc) is 2.67. The second kappa shape index (κ2) is 4.59. The van der Waals surface area contributed by atoms with Gasteiger partial charge in [0.15, 0.2) is 0 Å². The number of aliphatic carboxylic acids is 1. The van der Waals surface area contributed by atoms with Crippen molar-refractivity contribution in [3.8, 4) is 0 Å². The molecule has 90 valence electrons. The molecule has 1 unspecified atom stereocenters. The molecule has 0 saturated heterocycles. The Morgan fingerprint density at radius 1 is 1.41 bits per heavy atom. The quantitative estimate of drug-likeness (QED) is 0.847. The first kappa shape index (κ1) is 11.7. The van der Waals surface area contributed by atoms with Crippen LogP contribution in [0.25, 0.3) is 10.9 Å². The van der Waals surface area contributed by atoms with E-state index in [1.165, 1.54) is 0 Å². The Morgan fingerprint density at radius 2 is 2.12 bits per heavy atom. The topological polar surface area (TPSA) is 62.5 Å². The highest BCUT2D eigenvalue weighted by atomic mass is 16.4. The van der Waals surface area contributed by atoms with E-state index in [9.17, 15) is 9.90 Å². The van der Waals surface area contributed by atoms with Crippen LogP contribution in [-0.4, -0.2) is 20.7 Å². The summed E-state index contributed by atoms with van der Waals surface area (Å²) < 4.78 is 1.87. The number of benzene rings is 1. The third-order valence-corrected chi connectivity index (χ3v) is 2.94. The standard InChI is InChI=1S/C13H15NO3/c1-9(13(16)17)7-14-11(8-15)6-10-4-2-3-5-12(10)14/h2-6,9,15H,7-8H2,1H3,(H,16,17). The second-order valence-corrected chi connectivity index (χ2v) is 4.20. The van der Waals surface area contributed by atoms with E-state index in [0.29, 0.717) is 6.54 Å². The fourth-order valence-corrected chi connectivity index (χ4v) is 1.97. The number of fused-ring (bicyclic) bond motifs is 1. The number of aromatic nitrogens is 1. The van der Waals surface area contributed by atoms with E-state index in [1.54, 1.807) is 6.92 Å². The number of hydrogen-bond acceptors (Lipinski definition) is 2. The molecule has 0 fully saturated rings. The zero-order valence-corrected chi connectivity index (χ0v) is 9.63. The summed E-state index contributed by atoms with van der Waals surface area (Å²) in [7, 11) is 0. The number of para-hydroxylation sites is 1. The number of carboxylic acid groups (broad SMARTS) is 1. The zero-order valence-electron chi connectivity index (χ0n) is 9.63. The Kier molecular flexibility index (Phi) is 3.15. The predicted octanol–water partition coefficient (Wildman–Crippen LogP) is 1.85. The van der Waals surface area contributed by atoms with Crippen molar-refractivity contribution in [3.63, 3.8) is 0 Å². The molecule has 4 heteroatoms. The van der Waals surface area contributed by atoms with Gasteiger partial charge in [-0.15, -0.1) is 0 Å². The zero-order chi connectivity index (χ0) is 12.4. The third-order valence-electron chi connectivity index (χ3n) is 2.94. The van der Waals surface area contributed by atoms with Gasteiger partial charge in [-0.05, 0) is 17.5 Å². The van der Waals surface area contributed by atoms with Crippen LogP contribution in [0.1, 0.15) is 12.6 Å². The molecule has 1 heterocycles. The SMILES string of the molecule is CC(Cn1c(CO)cc2ccccc21)C(=O)O. The maximum Gasteiger partial charge on any atom is 0.308 e. The van der Waals surface area contributed by atoms with Gasteiger partial charge in [-0.3, -0.25) is 4.79 Å². The molecule has 2 aromatic rings. The fraction of sp³-hybridized carbons (Fsp3) is 0.308. The summed E-state index contributed by atoms with van der Waals surface area (Å²) in [6, 6.07) is 9.61. The molecule has 2 rings (SSSR count). The lowest BCUT2D eigenvalue weighted by Crippen LogP contribution is -2.18. The summed E-state index contributed by atoms with van der Waals surface area (Å²) in [4.78, 5) is 10.9. The third kappa shape index (κ3) is 2.17. The van der Waals surface area contributed by atoms with Crippen LogP contribution in [0.4, 0.5) is 0 Å². The first-order valence-electron chi connectivity index (χ1n) is 5.54. The van der Waals surface area contributed by atoms with Crippen molar-refractivity contribution in [3.05, 3.63) is 36.0 Å². The smallest absolute Gasteiger partial charge is 0.308 e. The number of aliphatic hydroxyl groups excluding tert-OH is 1. The van der Waals surface area contributed by atoms with Gasteiger partial charge in [0, 0.05) is 17.8 Å². The fourth-order valence-electron chi connectivity index (χ4n) is 1.97. The Balaban J connectivity index is 2.46. The first-order valence-corrected chi connectivity index (χ1v) is 5.54. The molecule has 0 aliphatic carbocycles. The number of aliphatic hydroxyl groups is 1. The molecular weight excluding hydrogens is 218 g/mol. The van der Waals surface area contributed by atoms with Crippen LogP contribution in [0.3, 0.4) is 0 Å². The summed E-state index contributed by atoms with van der Waals surface area (Å²) in [5, 5.41) is 19.3. The number of carbonyl (C=O) groups is 1. The molecule has 0 radical (unpaired) electrons. The molecular formula is C13H15NO3. The van der Waals surface area contributed by atoms with Crippen molar-refractivity contribution >= 4 is 16.9 Å². The van der Waals surface area contributed by atoms with Crippen LogP contribution in [0.5, 0.6) is 0 Å². The second-order valence-electron chi connectivity index (χ2n) is 4.20. The van der Waals surface area contributed by atoms with Crippen LogP contribution in [0.2, 0.25) is 0 Å². The lowest BCUT2D eigenvalue weighted by molar-refractivity contribution is -0.141. The van der Waals surface area contributed by atoms with Gasteiger partial charge in [0.1, 0.15) is 0 Å². The minimum absolute atomic E-state index is 0.0823. The minimum Gasteiger partial charge on any atom is -0.481 e. The Bertz CT molecular complexity index is 545. The van der Waals surface area contributed by atoms with E-state index in [0.717, 1.165) is 16.6 Å². The molecule has 1 aromatic carbocycles. The van der Waals surface area contributed by atoms with E-state index in [1.807, 2.05) is 34.9 Å². The summed E-state index contributed by atoms with van der Waals surface area (Å²) in [6.45, 7) is 1.96. The molecule has 1 atom stereocenters. The minimum atomic E-state index is -0.827. The van der Waals surface area contributed by atoms with Gasteiger partial charge in [0.2, 0.25) is 0 Å². The van der Waals surface area contributed by atoms with Crippen molar-refractivity contribution in [1.29, 1.82) is 0 Å². The largest absolute Gasteiger partial charge is 0.481 e. The van der Waals surface area contributed by atoms with Crippen molar-refractivity contribution in [2.24, 2.45) is 5.92 Å². The highest BCUT2D eigenvalue weighted by Crippen LogP contribution is 2.21. The maximum atomic E-state index is 10.9.